The van der Waals surface area contributed by atoms with Crippen molar-refractivity contribution < 1.29 is 22.8 Å². The number of amides is 2. The van der Waals surface area contributed by atoms with Gasteiger partial charge < -0.3 is 9.80 Å². The van der Waals surface area contributed by atoms with Crippen molar-refractivity contribution in [1.82, 2.24) is 9.80 Å². The fraction of sp³-hybridized carbons (Fsp3) is 0.300. The number of piperazine rings is 1. The summed E-state index contributed by atoms with van der Waals surface area (Å²) in [7, 11) is 0. The van der Waals surface area contributed by atoms with Crippen LogP contribution in [0.3, 0.4) is 0 Å². The highest BCUT2D eigenvalue weighted by molar-refractivity contribution is 6.01. The maximum Gasteiger partial charge on any atom is 0.416 e. The highest BCUT2D eigenvalue weighted by Crippen LogP contribution is 2.32. The van der Waals surface area contributed by atoms with Gasteiger partial charge in [-0.05, 0) is 29.3 Å². The topological polar surface area (TPSA) is 40.6 Å². The molecule has 27 heavy (non-hydrogen) atoms. The van der Waals surface area contributed by atoms with Gasteiger partial charge in [-0.1, -0.05) is 30.3 Å². The highest BCUT2D eigenvalue weighted by atomic mass is 19.4. The predicted octanol–water partition coefficient (Wildman–Crippen LogP) is 3.68. The third-order valence-electron chi connectivity index (χ3n) is 4.69. The molecule has 0 spiro atoms. The molecular weight excluding hydrogens is 357 g/mol. The number of rotatable bonds is 2. The first-order valence-corrected chi connectivity index (χ1v) is 8.59. The SMILES string of the molecule is CC(=O)N1CCN(C(=O)c2ccccc2-c2ccc(C(F)(F)F)cc2)CC1. The first-order chi connectivity index (χ1) is 12.8. The lowest BCUT2D eigenvalue weighted by molar-refractivity contribution is -0.137. The van der Waals surface area contributed by atoms with Crippen LogP contribution in [0.1, 0.15) is 22.8 Å². The third-order valence-corrected chi connectivity index (χ3v) is 4.69. The standard InChI is InChI=1S/C20H19F3N2O2/c1-14(26)24-10-12-25(13-11-24)19(27)18-5-3-2-4-17(18)15-6-8-16(9-7-15)20(21,22)23/h2-9H,10-13H2,1H3. The average Bonchev–Trinajstić information content (AvgIpc) is 2.67. The van der Waals surface area contributed by atoms with E-state index in [0.717, 1.165) is 12.1 Å². The van der Waals surface area contributed by atoms with E-state index in [2.05, 4.69) is 0 Å². The van der Waals surface area contributed by atoms with Gasteiger partial charge in [0.15, 0.2) is 0 Å². The second kappa shape index (κ2) is 7.42. The van der Waals surface area contributed by atoms with Crippen molar-refractivity contribution >= 4 is 11.8 Å². The zero-order valence-corrected chi connectivity index (χ0v) is 14.8. The molecular formula is C20H19F3N2O2. The Morgan fingerprint density at radius 2 is 1.41 bits per heavy atom. The molecule has 3 rings (SSSR count). The van der Waals surface area contributed by atoms with E-state index in [9.17, 15) is 22.8 Å². The second-order valence-corrected chi connectivity index (χ2v) is 6.42. The number of hydrogen-bond donors (Lipinski definition) is 0. The lowest BCUT2D eigenvalue weighted by Gasteiger charge is -2.34. The molecule has 2 aromatic carbocycles. The number of benzene rings is 2. The summed E-state index contributed by atoms with van der Waals surface area (Å²) in [5.41, 5.74) is 0.850. The number of nitrogens with zero attached hydrogens (tertiary/aromatic N) is 2. The Morgan fingerprint density at radius 1 is 0.852 bits per heavy atom. The quantitative estimate of drug-likeness (QED) is 0.802. The minimum absolute atomic E-state index is 0.0211. The highest BCUT2D eigenvalue weighted by Gasteiger charge is 2.30. The van der Waals surface area contributed by atoms with Crippen molar-refractivity contribution in [2.24, 2.45) is 0 Å². The van der Waals surface area contributed by atoms with Gasteiger partial charge >= 0.3 is 6.18 Å². The van der Waals surface area contributed by atoms with Gasteiger partial charge in [0.1, 0.15) is 0 Å². The zero-order valence-electron chi connectivity index (χ0n) is 14.8. The molecule has 7 heteroatoms. The molecule has 0 aliphatic carbocycles. The molecule has 2 aromatic rings. The van der Waals surface area contributed by atoms with Crippen LogP contribution in [0.2, 0.25) is 0 Å². The van der Waals surface area contributed by atoms with Crippen molar-refractivity contribution in [3.63, 3.8) is 0 Å². The molecule has 1 saturated heterocycles. The molecule has 2 amide bonds. The van der Waals surface area contributed by atoms with Crippen LogP contribution in [0, 0.1) is 0 Å². The summed E-state index contributed by atoms with van der Waals surface area (Å²) in [4.78, 5) is 27.7. The zero-order chi connectivity index (χ0) is 19.6. The molecule has 0 bridgehead atoms. The molecule has 0 aromatic heterocycles. The Kier molecular flexibility index (Phi) is 5.21. The summed E-state index contributed by atoms with van der Waals surface area (Å²) in [6, 6.07) is 11.7. The fourth-order valence-electron chi connectivity index (χ4n) is 3.15. The van der Waals surface area contributed by atoms with Crippen LogP contribution in [0.25, 0.3) is 11.1 Å². The first kappa shape index (κ1) is 18.9. The maximum absolute atomic E-state index is 12.9. The van der Waals surface area contributed by atoms with E-state index < -0.39 is 11.7 Å². The van der Waals surface area contributed by atoms with E-state index in [1.807, 2.05) is 0 Å². The monoisotopic (exact) mass is 376 g/mol. The molecule has 0 saturated carbocycles. The maximum atomic E-state index is 12.9. The smallest absolute Gasteiger partial charge is 0.339 e. The van der Waals surface area contributed by atoms with Crippen LogP contribution in [-0.2, 0) is 11.0 Å². The summed E-state index contributed by atoms with van der Waals surface area (Å²) < 4.78 is 38.3. The van der Waals surface area contributed by atoms with Crippen LogP contribution >= 0.6 is 0 Å². The molecule has 1 heterocycles. The molecule has 142 valence electrons. The van der Waals surface area contributed by atoms with Crippen molar-refractivity contribution in [2.75, 3.05) is 26.2 Å². The Hall–Kier alpha value is -2.83. The number of hydrogen-bond acceptors (Lipinski definition) is 2. The van der Waals surface area contributed by atoms with E-state index in [4.69, 9.17) is 0 Å². The van der Waals surface area contributed by atoms with E-state index >= 15 is 0 Å². The fourth-order valence-corrected chi connectivity index (χ4v) is 3.15. The molecule has 4 nitrogen and oxygen atoms in total. The summed E-state index contributed by atoms with van der Waals surface area (Å²) >= 11 is 0. The molecule has 1 aliphatic heterocycles. The van der Waals surface area contributed by atoms with Crippen LogP contribution in [0.4, 0.5) is 13.2 Å². The Morgan fingerprint density at radius 3 is 1.96 bits per heavy atom. The minimum Gasteiger partial charge on any atom is -0.339 e. The Bertz CT molecular complexity index is 839. The molecule has 0 atom stereocenters. The van der Waals surface area contributed by atoms with Gasteiger partial charge in [0, 0.05) is 38.7 Å². The number of alkyl halides is 3. The summed E-state index contributed by atoms with van der Waals surface area (Å²) in [5.74, 6) is -0.207. The number of carbonyl (C=O) groups is 2. The van der Waals surface area contributed by atoms with Gasteiger partial charge in [-0.25, -0.2) is 0 Å². The van der Waals surface area contributed by atoms with E-state index in [1.54, 1.807) is 34.1 Å². The van der Waals surface area contributed by atoms with Crippen LogP contribution < -0.4 is 0 Å². The van der Waals surface area contributed by atoms with E-state index in [1.165, 1.54) is 19.1 Å². The van der Waals surface area contributed by atoms with Gasteiger partial charge in [0.2, 0.25) is 5.91 Å². The molecule has 0 N–H and O–H groups in total. The molecule has 1 fully saturated rings. The van der Waals surface area contributed by atoms with Crippen molar-refractivity contribution in [1.29, 1.82) is 0 Å². The number of carbonyl (C=O) groups excluding carboxylic acids is 2. The summed E-state index contributed by atoms with van der Waals surface area (Å²) in [6.07, 6.45) is -4.40. The van der Waals surface area contributed by atoms with Crippen molar-refractivity contribution in [3.8, 4) is 11.1 Å². The van der Waals surface area contributed by atoms with Crippen LogP contribution in [0.5, 0.6) is 0 Å². The number of halogens is 3. The lowest BCUT2D eigenvalue weighted by atomic mass is 9.97. The van der Waals surface area contributed by atoms with Gasteiger partial charge in [-0.2, -0.15) is 13.2 Å². The summed E-state index contributed by atoms with van der Waals surface area (Å²) in [6.45, 7) is 3.31. The Labute approximate surface area is 155 Å². The summed E-state index contributed by atoms with van der Waals surface area (Å²) in [5, 5.41) is 0. The van der Waals surface area contributed by atoms with Crippen molar-refractivity contribution in [2.45, 2.75) is 13.1 Å². The second-order valence-electron chi connectivity index (χ2n) is 6.42. The van der Waals surface area contributed by atoms with Gasteiger partial charge in [-0.3, -0.25) is 9.59 Å². The van der Waals surface area contributed by atoms with E-state index in [0.29, 0.717) is 42.9 Å². The van der Waals surface area contributed by atoms with Gasteiger partial charge in [0.25, 0.3) is 5.91 Å². The minimum atomic E-state index is -4.40. The first-order valence-electron chi connectivity index (χ1n) is 8.59. The van der Waals surface area contributed by atoms with Crippen LogP contribution in [0.15, 0.2) is 48.5 Å². The van der Waals surface area contributed by atoms with Crippen LogP contribution in [-0.4, -0.2) is 47.8 Å². The normalized spacial score (nSPS) is 15.0. The molecule has 0 unspecified atom stereocenters. The predicted molar refractivity (Wildman–Crippen MR) is 95.0 cm³/mol. The molecule has 0 radical (unpaired) electrons. The van der Waals surface area contributed by atoms with E-state index in [-0.39, 0.29) is 11.8 Å². The van der Waals surface area contributed by atoms with Gasteiger partial charge in [0.05, 0.1) is 5.56 Å². The largest absolute Gasteiger partial charge is 0.416 e. The third kappa shape index (κ3) is 4.13. The Balaban J connectivity index is 1.84. The molecule has 1 aliphatic rings. The van der Waals surface area contributed by atoms with Gasteiger partial charge in [-0.15, -0.1) is 0 Å². The lowest BCUT2D eigenvalue weighted by Crippen LogP contribution is -2.50. The average molecular weight is 376 g/mol. The van der Waals surface area contributed by atoms with Crippen molar-refractivity contribution in [3.05, 3.63) is 59.7 Å².